The lowest BCUT2D eigenvalue weighted by atomic mass is 9.94. The van der Waals surface area contributed by atoms with Crippen molar-refractivity contribution in [1.82, 2.24) is 15.1 Å². The highest BCUT2D eigenvalue weighted by Gasteiger charge is 2.36. The summed E-state index contributed by atoms with van der Waals surface area (Å²) in [6.45, 7) is 7.70. The average Bonchev–Trinajstić information content (AvgIpc) is 2.92. The fraction of sp³-hybridized carbons (Fsp3) is 0.714. The van der Waals surface area contributed by atoms with Crippen LogP contribution in [0.1, 0.15) is 43.2 Å². The van der Waals surface area contributed by atoms with Gasteiger partial charge in [0.15, 0.2) is 0 Å². The van der Waals surface area contributed by atoms with Crippen molar-refractivity contribution in [2.75, 3.05) is 13.2 Å². The van der Waals surface area contributed by atoms with Crippen molar-refractivity contribution in [2.45, 2.75) is 45.4 Å². The molecule has 20 heavy (non-hydrogen) atoms. The Morgan fingerprint density at radius 3 is 3.05 bits per heavy atom. The highest BCUT2D eigenvalue weighted by atomic mass is 16.5. The Balaban J connectivity index is 2.09. The molecule has 1 saturated heterocycles. The highest BCUT2D eigenvalue weighted by molar-refractivity contribution is 5.90. The Morgan fingerprint density at radius 1 is 1.70 bits per heavy atom. The normalized spacial score (nSPS) is 25.9. The van der Waals surface area contributed by atoms with E-state index in [1.54, 1.807) is 17.8 Å². The molecule has 1 N–H and O–H groups in total. The summed E-state index contributed by atoms with van der Waals surface area (Å²) < 4.78 is 12.4. The SMILES string of the molecule is CCOC(=O)c1cnn(C)c1CNC1(C)CCOC1C. The second-order valence-electron chi connectivity index (χ2n) is 5.38. The number of esters is 1. The van der Waals surface area contributed by atoms with Crippen molar-refractivity contribution in [1.29, 1.82) is 0 Å². The molecular formula is C14H23N3O3. The van der Waals surface area contributed by atoms with E-state index in [2.05, 4.69) is 24.3 Å². The summed E-state index contributed by atoms with van der Waals surface area (Å²) in [6, 6.07) is 0. The lowest BCUT2D eigenvalue weighted by molar-refractivity contribution is 0.0524. The molecule has 6 heteroatoms. The molecule has 1 aromatic rings. The standard InChI is InChI=1S/C14H23N3O3/c1-5-19-13(18)11-8-16-17(4)12(11)9-15-14(3)6-7-20-10(14)2/h8,10,15H,5-7,9H2,1-4H3. The summed E-state index contributed by atoms with van der Waals surface area (Å²) in [6.07, 6.45) is 2.67. The van der Waals surface area contributed by atoms with Gasteiger partial charge in [-0.3, -0.25) is 4.68 Å². The molecule has 2 unspecified atom stereocenters. The third-order valence-electron chi connectivity index (χ3n) is 4.10. The minimum absolute atomic E-state index is 0.0732. The molecule has 0 aliphatic carbocycles. The molecule has 1 fully saturated rings. The van der Waals surface area contributed by atoms with E-state index in [1.165, 1.54) is 0 Å². The van der Waals surface area contributed by atoms with Gasteiger partial charge >= 0.3 is 5.97 Å². The van der Waals surface area contributed by atoms with Crippen LogP contribution in [0.3, 0.4) is 0 Å². The summed E-state index contributed by atoms with van der Waals surface area (Å²) in [7, 11) is 1.83. The number of carbonyl (C=O) groups is 1. The van der Waals surface area contributed by atoms with E-state index in [9.17, 15) is 4.79 Å². The number of rotatable bonds is 5. The van der Waals surface area contributed by atoms with Crippen LogP contribution >= 0.6 is 0 Å². The molecule has 0 aromatic carbocycles. The second-order valence-corrected chi connectivity index (χ2v) is 5.38. The van der Waals surface area contributed by atoms with Gasteiger partial charge in [0.25, 0.3) is 0 Å². The predicted octanol–water partition coefficient (Wildman–Crippen LogP) is 1.25. The smallest absolute Gasteiger partial charge is 0.341 e. The highest BCUT2D eigenvalue weighted by Crippen LogP contribution is 2.25. The van der Waals surface area contributed by atoms with Crippen LogP contribution in [0.4, 0.5) is 0 Å². The Hall–Kier alpha value is -1.40. The number of ether oxygens (including phenoxy) is 2. The Kier molecular flexibility index (Phi) is 4.45. The third kappa shape index (κ3) is 2.86. The maximum absolute atomic E-state index is 11.9. The predicted molar refractivity (Wildman–Crippen MR) is 74.4 cm³/mol. The van der Waals surface area contributed by atoms with Gasteiger partial charge in [-0.05, 0) is 27.2 Å². The van der Waals surface area contributed by atoms with Crippen LogP contribution in [0, 0.1) is 0 Å². The maximum atomic E-state index is 11.9. The lowest BCUT2D eigenvalue weighted by Gasteiger charge is -2.29. The number of hydrogen-bond donors (Lipinski definition) is 1. The van der Waals surface area contributed by atoms with Crippen molar-refractivity contribution in [3.63, 3.8) is 0 Å². The van der Waals surface area contributed by atoms with Crippen LogP contribution in [0.25, 0.3) is 0 Å². The van der Waals surface area contributed by atoms with Gasteiger partial charge in [-0.2, -0.15) is 5.10 Å². The van der Waals surface area contributed by atoms with E-state index >= 15 is 0 Å². The first kappa shape index (κ1) is 15.0. The van der Waals surface area contributed by atoms with Gasteiger partial charge in [-0.1, -0.05) is 0 Å². The number of hydrogen-bond acceptors (Lipinski definition) is 5. The molecular weight excluding hydrogens is 258 g/mol. The molecule has 0 saturated carbocycles. The zero-order chi connectivity index (χ0) is 14.8. The Bertz CT molecular complexity index is 486. The van der Waals surface area contributed by atoms with Crippen molar-refractivity contribution in [3.05, 3.63) is 17.5 Å². The van der Waals surface area contributed by atoms with Crippen LogP contribution in [0.2, 0.25) is 0 Å². The monoisotopic (exact) mass is 281 g/mol. The first-order valence-corrected chi connectivity index (χ1v) is 7.02. The van der Waals surface area contributed by atoms with E-state index in [-0.39, 0.29) is 17.6 Å². The van der Waals surface area contributed by atoms with E-state index in [0.717, 1.165) is 18.7 Å². The molecule has 6 nitrogen and oxygen atoms in total. The van der Waals surface area contributed by atoms with Gasteiger partial charge in [-0.15, -0.1) is 0 Å². The molecule has 0 bridgehead atoms. The number of carbonyl (C=O) groups excluding carboxylic acids is 1. The van der Waals surface area contributed by atoms with E-state index in [0.29, 0.717) is 18.7 Å². The van der Waals surface area contributed by atoms with Crippen LogP contribution in [-0.4, -0.2) is 40.6 Å². The van der Waals surface area contributed by atoms with Crippen LogP contribution in [0.5, 0.6) is 0 Å². The van der Waals surface area contributed by atoms with E-state index < -0.39 is 0 Å². The van der Waals surface area contributed by atoms with Gasteiger partial charge in [0.2, 0.25) is 0 Å². The largest absolute Gasteiger partial charge is 0.462 e. The molecule has 0 amide bonds. The van der Waals surface area contributed by atoms with Crippen LogP contribution in [-0.2, 0) is 23.1 Å². The molecule has 0 spiro atoms. The van der Waals surface area contributed by atoms with Gasteiger partial charge in [0.05, 0.1) is 24.6 Å². The van der Waals surface area contributed by atoms with Crippen molar-refractivity contribution < 1.29 is 14.3 Å². The van der Waals surface area contributed by atoms with Gasteiger partial charge in [-0.25, -0.2) is 4.79 Å². The molecule has 2 heterocycles. The summed E-state index contributed by atoms with van der Waals surface area (Å²) in [5.41, 5.74) is 1.29. The second kappa shape index (κ2) is 5.93. The molecule has 1 aliphatic rings. The quantitative estimate of drug-likeness (QED) is 0.823. The third-order valence-corrected chi connectivity index (χ3v) is 4.10. The molecule has 2 atom stereocenters. The van der Waals surface area contributed by atoms with Gasteiger partial charge < -0.3 is 14.8 Å². The molecule has 112 valence electrons. The number of nitrogens with one attached hydrogen (secondary N) is 1. The summed E-state index contributed by atoms with van der Waals surface area (Å²) >= 11 is 0. The topological polar surface area (TPSA) is 65.4 Å². The lowest BCUT2D eigenvalue weighted by Crippen LogP contribution is -2.47. The minimum Gasteiger partial charge on any atom is -0.462 e. The fourth-order valence-corrected chi connectivity index (χ4v) is 2.40. The zero-order valence-electron chi connectivity index (χ0n) is 12.6. The molecule has 1 aromatic heterocycles. The Labute approximate surface area is 119 Å². The number of nitrogens with zero attached hydrogens (tertiary/aromatic N) is 2. The van der Waals surface area contributed by atoms with Gasteiger partial charge in [0.1, 0.15) is 5.56 Å². The summed E-state index contributed by atoms with van der Waals surface area (Å²) in [5, 5.41) is 7.65. The number of aryl methyl sites for hydroxylation is 1. The first-order valence-electron chi connectivity index (χ1n) is 7.02. The number of aromatic nitrogens is 2. The minimum atomic E-state index is -0.321. The van der Waals surface area contributed by atoms with Crippen LogP contribution in [0.15, 0.2) is 6.20 Å². The van der Waals surface area contributed by atoms with Crippen molar-refractivity contribution in [2.24, 2.45) is 7.05 Å². The molecule has 2 rings (SSSR count). The zero-order valence-corrected chi connectivity index (χ0v) is 12.6. The molecule has 0 radical (unpaired) electrons. The summed E-state index contributed by atoms with van der Waals surface area (Å²) in [4.78, 5) is 11.9. The van der Waals surface area contributed by atoms with Crippen molar-refractivity contribution in [3.8, 4) is 0 Å². The Morgan fingerprint density at radius 2 is 2.45 bits per heavy atom. The average molecular weight is 281 g/mol. The van der Waals surface area contributed by atoms with E-state index in [1.807, 2.05) is 7.05 Å². The maximum Gasteiger partial charge on any atom is 0.341 e. The van der Waals surface area contributed by atoms with Crippen LogP contribution < -0.4 is 5.32 Å². The van der Waals surface area contributed by atoms with Crippen molar-refractivity contribution >= 4 is 5.97 Å². The molecule has 1 aliphatic heterocycles. The fourth-order valence-electron chi connectivity index (χ4n) is 2.40. The first-order chi connectivity index (χ1) is 9.48. The van der Waals surface area contributed by atoms with E-state index in [4.69, 9.17) is 9.47 Å². The van der Waals surface area contributed by atoms with Gasteiger partial charge in [0, 0.05) is 25.7 Å². The summed E-state index contributed by atoms with van der Waals surface area (Å²) in [5.74, 6) is -0.321.